The molecule has 0 bridgehead atoms. The van der Waals surface area contributed by atoms with E-state index in [1.165, 1.54) is 0 Å². The van der Waals surface area contributed by atoms with Crippen molar-refractivity contribution in [3.05, 3.63) is 0 Å². The summed E-state index contributed by atoms with van der Waals surface area (Å²) in [5.41, 5.74) is 5.69. The van der Waals surface area contributed by atoms with Gasteiger partial charge >= 0.3 is 0 Å². The molecule has 1 unspecified atom stereocenters. The number of carbonyl (C=O) groups is 2. The lowest BCUT2D eigenvalue weighted by Gasteiger charge is -2.36. The Bertz CT molecular complexity index is 351. The van der Waals surface area contributed by atoms with E-state index in [9.17, 15) is 9.59 Å². The van der Waals surface area contributed by atoms with E-state index in [0.717, 1.165) is 51.6 Å². The molecule has 1 saturated heterocycles. The second-order valence-electron chi connectivity index (χ2n) is 6.19. The SMILES string of the molecule is CNC(=O)C1CCCN(C(=O)C2CCC(CN)CC2)C1. The predicted octanol–water partition coefficient (Wildman–Crippen LogP) is 0.736. The number of likely N-dealkylation sites (tertiary alicyclic amines) is 1. The number of nitrogens with two attached hydrogens (primary N) is 1. The van der Waals surface area contributed by atoms with Gasteiger partial charge in [0.1, 0.15) is 0 Å². The van der Waals surface area contributed by atoms with Crippen molar-refractivity contribution in [1.82, 2.24) is 10.2 Å². The number of rotatable bonds is 3. The van der Waals surface area contributed by atoms with Gasteiger partial charge in [0.15, 0.2) is 0 Å². The summed E-state index contributed by atoms with van der Waals surface area (Å²) in [6, 6.07) is 0. The maximum Gasteiger partial charge on any atom is 0.225 e. The minimum absolute atomic E-state index is 0.0296. The van der Waals surface area contributed by atoms with Crippen molar-refractivity contribution in [2.45, 2.75) is 38.5 Å². The van der Waals surface area contributed by atoms with Gasteiger partial charge in [0.2, 0.25) is 11.8 Å². The first-order valence-corrected chi connectivity index (χ1v) is 7.86. The molecule has 20 heavy (non-hydrogen) atoms. The molecule has 2 amide bonds. The Balaban J connectivity index is 1.87. The van der Waals surface area contributed by atoms with Gasteiger partial charge in [0.25, 0.3) is 0 Å². The van der Waals surface area contributed by atoms with Crippen LogP contribution in [0.1, 0.15) is 38.5 Å². The molecular formula is C15H27N3O2. The Morgan fingerprint density at radius 1 is 1.15 bits per heavy atom. The molecule has 3 N–H and O–H groups in total. The highest BCUT2D eigenvalue weighted by Crippen LogP contribution is 2.30. The van der Waals surface area contributed by atoms with Crippen LogP contribution in [0.25, 0.3) is 0 Å². The van der Waals surface area contributed by atoms with Gasteiger partial charge in [0.05, 0.1) is 5.92 Å². The summed E-state index contributed by atoms with van der Waals surface area (Å²) in [7, 11) is 1.66. The van der Waals surface area contributed by atoms with Crippen molar-refractivity contribution in [1.29, 1.82) is 0 Å². The summed E-state index contributed by atoms with van der Waals surface area (Å²) >= 11 is 0. The Morgan fingerprint density at radius 3 is 2.45 bits per heavy atom. The molecule has 0 spiro atoms. The Hall–Kier alpha value is -1.10. The number of nitrogens with zero attached hydrogens (tertiary/aromatic N) is 1. The maximum absolute atomic E-state index is 12.6. The van der Waals surface area contributed by atoms with E-state index in [1.807, 2.05) is 4.90 Å². The molecule has 1 heterocycles. The number of nitrogens with one attached hydrogen (secondary N) is 1. The number of amides is 2. The second-order valence-corrected chi connectivity index (χ2v) is 6.19. The minimum Gasteiger partial charge on any atom is -0.359 e. The summed E-state index contributed by atoms with van der Waals surface area (Å²) in [5, 5.41) is 2.70. The first-order valence-electron chi connectivity index (χ1n) is 7.86. The average molecular weight is 281 g/mol. The van der Waals surface area contributed by atoms with Gasteiger partial charge in [-0.3, -0.25) is 9.59 Å². The molecule has 5 nitrogen and oxygen atoms in total. The normalized spacial score (nSPS) is 30.9. The molecule has 0 aromatic rings. The van der Waals surface area contributed by atoms with Gasteiger partial charge in [-0.2, -0.15) is 0 Å². The standard InChI is InChI=1S/C15H27N3O2/c1-17-14(19)13-3-2-8-18(10-13)15(20)12-6-4-11(9-16)5-7-12/h11-13H,2-10,16H2,1H3,(H,17,19). The first kappa shape index (κ1) is 15.3. The fraction of sp³-hybridized carbons (Fsp3) is 0.867. The van der Waals surface area contributed by atoms with Gasteiger partial charge in [-0.05, 0) is 51.0 Å². The van der Waals surface area contributed by atoms with Crippen LogP contribution in [0.5, 0.6) is 0 Å². The van der Waals surface area contributed by atoms with Crippen molar-refractivity contribution in [3.63, 3.8) is 0 Å². The van der Waals surface area contributed by atoms with Crippen molar-refractivity contribution in [2.24, 2.45) is 23.5 Å². The molecule has 0 aromatic heterocycles. The van der Waals surface area contributed by atoms with Gasteiger partial charge < -0.3 is 16.0 Å². The summed E-state index contributed by atoms with van der Waals surface area (Å²) in [5.74, 6) is 1.04. The fourth-order valence-corrected chi connectivity index (χ4v) is 3.50. The van der Waals surface area contributed by atoms with E-state index in [4.69, 9.17) is 5.73 Å². The highest BCUT2D eigenvalue weighted by molar-refractivity contribution is 5.82. The molecule has 1 saturated carbocycles. The maximum atomic E-state index is 12.6. The number of carbonyl (C=O) groups excluding carboxylic acids is 2. The topological polar surface area (TPSA) is 75.4 Å². The zero-order valence-electron chi connectivity index (χ0n) is 12.4. The van der Waals surface area contributed by atoms with Crippen LogP contribution in [0.3, 0.4) is 0 Å². The van der Waals surface area contributed by atoms with E-state index >= 15 is 0 Å². The largest absolute Gasteiger partial charge is 0.359 e. The highest BCUT2D eigenvalue weighted by Gasteiger charge is 2.33. The number of hydrogen-bond donors (Lipinski definition) is 2. The molecule has 0 radical (unpaired) electrons. The van der Waals surface area contributed by atoms with Gasteiger partial charge in [0, 0.05) is 26.1 Å². The highest BCUT2D eigenvalue weighted by atomic mass is 16.2. The second kappa shape index (κ2) is 7.07. The quantitative estimate of drug-likeness (QED) is 0.801. The molecule has 1 aliphatic carbocycles. The third-order valence-corrected chi connectivity index (χ3v) is 4.88. The third kappa shape index (κ3) is 3.51. The molecule has 1 aliphatic heterocycles. The minimum atomic E-state index is -0.0296. The zero-order chi connectivity index (χ0) is 14.5. The molecule has 2 aliphatic rings. The third-order valence-electron chi connectivity index (χ3n) is 4.88. The van der Waals surface area contributed by atoms with Gasteiger partial charge in [-0.15, -0.1) is 0 Å². The zero-order valence-corrected chi connectivity index (χ0v) is 12.4. The van der Waals surface area contributed by atoms with Crippen LogP contribution in [-0.4, -0.2) is 43.4 Å². The summed E-state index contributed by atoms with van der Waals surface area (Å²) < 4.78 is 0. The van der Waals surface area contributed by atoms with Crippen LogP contribution in [0.15, 0.2) is 0 Å². The first-order chi connectivity index (χ1) is 9.65. The lowest BCUT2D eigenvalue weighted by Crippen LogP contribution is -2.47. The van der Waals surface area contributed by atoms with Crippen LogP contribution < -0.4 is 11.1 Å². The monoisotopic (exact) mass is 281 g/mol. The number of piperidine rings is 1. The van der Waals surface area contributed by atoms with Crippen molar-refractivity contribution in [3.8, 4) is 0 Å². The Kier molecular flexibility index (Phi) is 5.40. The van der Waals surface area contributed by atoms with E-state index < -0.39 is 0 Å². The van der Waals surface area contributed by atoms with Crippen molar-refractivity contribution in [2.75, 3.05) is 26.7 Å². The Morgan fingerprint density at radius 2 is 1.85 bits per heavy atom. The van der Waals surface area contributed by atoms with Gasteiger partial charge in [-0.1, -0.05) is 0 Å². The fourth-order valence-electron chi connectivity index (χ4n) is 3.50. The average Bonchev–Trinajstić information content (AvgIpc) is 2.53. The van der Waals surface area contributed by atoms with Crippen LogP contribution in [0, 0.1) is 17.8 Å². The van der Waals surface area contributed by atoms with Crippen LogP contribution in [-0.2, 0) is 9.59 Å². The van der Waals surface area contributed by atoms with Crippen molar-refractivity contribution < 1.29 is 9.59 Å². The summed E-state index contributed by atoms with van der Waals surface area (Å²) in [6.07, 6.45) is 5.88. The van der Waals surface area contributed by atoms with Gasteiger partial charge in [-0.25, -0.2) is 0 Å². The smallest absolute Gasteiger partial charge is 0.225 e. The van der Waals surface area contributed by atoms with E-state index in [-0.39, 0.29) is 23.7 Å². The van der Waals surface area contributed by atoms with E-state index in [0.29, 0.717) is 12.5 Å². The summed E-state index contributed by atoms with van der Waals surface area (Å²) in [6.45, 7) is 2.14. The van der Waals surface area contributed by atoms with E-state index in [2.05, 4.69) is 5.32 Å². The van der Waals surface area contributed by atoms with Crippen LogP contribution >= 0.6 is 0 Å². The van der Waals surface area contributed by atoms with E-state index in [1.54, 1.807) is 7.05 Å². The molecular weight excluding hydrogens is 254 g/mol. The Labute approximate surface area is 121 Å². The molecule has 114 valence electrons. The lowest BCUT2D eigenvalue weighted by molar-refractivity contribution is -0.140. The van der Waals surface area contributed by atoms with Crippen LogP contribution in [0.2, 0.25) is 0 Å². The summed E-state index contributed by atoms with van der Waals surface area (Å²) in [4.78, 5) is 26.2. The molecule has 1 atom stereocenters. The number of hydrogen-bond acceptors (Lipinski definition) is 3. The predicted molar refractivity (Wildman–Crippen MR) is 77.9 cm³/mol. The van der Waals surface area contributed by atoms with Crippen molar-refractivity contribution >= 4 is 11.8 Å². The molecule has 0 aromatic carbocycles. The molecule has 5 heteroatoms. The van der Waals surface area contributed by atoms with Crippen LogP contribution in [0.4, 0.5) is 0 Å². The lowest BCUT2D eigenvalue weighted by atomic mass is 9.81. The molecule has 2 fully saturated rings. The molecule has 2 rings (SSSR count).